The average molecular weight is 205 g/mol. The highest BCUT2D eigenvalue weighted by Gasteiger charge is 2.28. The molecule has 0 N–H and O–H groups in total. The second-order valence-electron chi connectivity index (χ2n) is 5.02. The van der Waals surface area contributed by atoms with Crippen LogP contribution in [0.25, 0.3) is 0 Å². The molecule has 1 heterocycles. The van der Waals surface area contributed by atoms with Crippen molar-refractivity contribution in [1.29, 1.82) is 0 Å². The van der Waals surface area contributed by atoms with Crippen molar-refractivity contribution in [3.8, 4) is 0 Å². The lowest BCUT2D eigenvalue weighted by Gasteiger charge is -2.38. The molecule has 0 radical (unpaired) electrons. The predicted molar refractivity (Wildman–Crippen MR) is 65.6 cm³/mol. The maximum atomic E-state index is 2.57. The van der Waals surface area contributed by atoms with Crippen LogP contribution in [0.4, 0.5) is 5.69 Å². The van der Waals surface area contributed by atoms with Gasteiger partial charge < -0.3 is 4.90 Å². The molecule has 0 aliphatic carbocycles. The summed E-state index contributed by atoms with van der Waals surface area (Å²) in [6.07, 6.45) is 2.71. The summed E-state index contributed by atoms with van der Waals surface area (Å²) in [4.78, 5) is 2.57. The van der Waals surface area contributed by atoms with Crippen LogP contribution >= 0.6 is 0 Å². The Kier molecular flexibility index (Phi) is 2.64. The first-order valence-electron chi connectivity index (χ1n) is 5.47. The van der Waals surface area contributed by atoms with Crippen LogP contribution in [-0.4, -0.2) is 20.8 Å². The summed E-state index contributed by atoms with van der Waals surface area (Å²) >= 11 is 0. The Morgan fingerprint density at radius 1 is 1.14 bits per heavy atom. The molecule has 0 aromatic heterocycles. The van der Waals surface area contributed by atoms with Crippen LogP contribution in [0.5, 0.6) is 0 Å². The molecule has 14 heavy (non-hydrogen) atoms. The summed E-state index contributed by atoms with van der Waals surface area (Å²) in [5.74, 6) is 0. The van der Waals surface area contributed by atoms with E-state index in [-0.39, 0.29) is 0 Å². The highest BCUT2D eigenvalue weighted by Crippen LogP contribution is 2.24. The smallest absolute Gasteiger partial charge is 0.0696 e. The van der Waals surface area contributed by atoms with E-state index in [2.05, 4.69) is 48.3 Å². The standard InChI is InChI=1S/C12H19NSi/c1-14(2)10-6-9-13(11-14)12-7-4-3-5-8-12/h3-5,7-8H,6,9-11H2,1-2H3. The number of benzene rings is 1. The molecular formula is C12H19NSi. The molecule has 2 rings (SSSR count). The highest BCUT2D eigenvalue weighted by atomic mass is 28.3. The van der Waals surface area contributed by atoms with Crippen LogP contribution in [0.3, 0.4) is 0 Å². The van der Waals surface area contributed by atoms with Gasteiger partial charge in [-0.2, -0.15) is 0 Å². The Labute approximate surface area is 87.8 Å². The summed E-state index contributed by atoms with van der Waals surface area (Å²) in [6.45, 7) is 6.25. The monoisotopic (exact) mass is 205 g/mol. The van der Waals surface area contributed by atoms with Gasteiger partial charge in [0.15, 0.2) is 0 Å². The van der Waals surface area contributed by atoms with Gasteiger partial charge in [0.05, 0.1) is 8.07 Å². The molecule has 0 saturated carbocycles. The number of rotatable bonds is 1. The van der Waals surface area contributed by atoms with E-state index >= 15 is 0 Å². The van der Waals surface area contributed by atoms with E-state index in [1.54, 1.807) is 0 Å². The fourth-order valence-electron chi connectivity index (χ4n) is 2.28. The number of para-hydroxylation sites is 1. The number of nitrogens with zero attached hydrogens (tertiary/aromatic N) is 1. The first-order chi connectivity index (χ1) is 6.67. The molecule has 76 valence electrons. The Morgan fingerprint density at radius 3 is 2.50 bits per heavy atom. The summed E-state index contributed by atoms with van der Waals surface area (Å²) in [7, 11) is -0.910. The van der Waals surface area contributed by atoms with Gasteiger partial charge in [-0.05, 0) is 18.6 Å². The summed E-state index contributed by atoms with van der Waals surface area (Å²) in [6, 6.07) is 12.3. The third-order valence-corrected chi connectivity index (χ3v) is 5.97. The quantitative estimate of drug-likeness (QED) is 0.637. The normalized spacial score (nSPS) is 20.9. The summed E-state index contributed by atoms with van der Waals surface area (Å²) < 4.78 is 0. The second kappa shape index (κ2) is 3.77. The molecule has 1 aromatic rings. The van der Waals surface area contributed by atoms with Crippen molar-refractivity contribution >= 4 is 13.8 Å². The van der Waals surface area contributed by atoms with E-state index < -0.39 is 8.07 Å². The minimum absolute atomic E-state index is 0.910. The lowest BCUT2D eigenvalue weighted by molar-refractivity contribution is 0.774. The Bertz CT molecular complexity index is 294. The van der Waals surface area contributed by atoms with Crippen molar-refractivity contribution < 1.29 is 0 Å². The van der Waals surface area contributed by atoms with Gasteiger partial charge in [-0.1, -0.05) is 37.3 Å². The van der Waals surface area contributed by atoms with Gasteiger partial charge in [-0.25, -0.2) is 0 Å². The van der Waals surface area contributed by atoms with Crippen molar-refractivity contribution in [2.24, 2.45) is 0 Å². The van der Waals surface area contributed by atoms with E-state index in [1.165, 1.54) is 30.9 Å². The molecule has 0 atom stereocenters. The summed E-state index contributed by atoms with van der Waals surface area (Å²) in [5.41, 5.74) is 1.41. The topological polar surface area (TPSA) is 3.24 Å². The van der Waals surface area contributed by atoms with Crippen LogP contribution in [0.1, 0.15) is 6.42 Å². The highest BCUT2D eigenvalue weighted by molar-refractivity contribution is 6.78. The van der Waals surface area contributed by atoms with E-state index in [1.807, 2.05) is 0 Å². The summed E-state index contributed by atoms with van der Waals surface area (Å²) in [5, 5.41) is 0. The van der Waals surface area contributed by atoms with Crippen molar-refractivity contribution in [2.75, 3.05) is 17.6 Å². The fourth-order valence-corrected chi connectivity index (χ4v) is 4.93. The van der Waals surface area contributed by atoms with E-state index in [9.17, 15) is 0 Å². The molecule has 0 bridgehead atoms. The molecule has 2 heteroatoms. The zero-order valence-electron chi connectivity index (χ0n) is 9.16. The first-order valence-corrected chi connectivity index (χ1v) is 8.89. The van der Waals surface area contributed by atoms with Gasteiger partial charge in [0, 0.05) is 18.4 Å². The van der Waals surface area contributed by atoms with Crippen molar-refractivity contribution in [3.63, 3.8) is 0 Å². The van der Waals surface area contributed by atoms with E-state index in [4.69, 9.17) is 0 Å². The van der Waals surface area contributed by atoms with Gasteiger partial charge >= 0.3 is 0 Å². The van der Waals surface area contributed by atoms with Gasteiger partial charge in [0.2, 0.25) is 0 Å². The first kappa shape index (κ1) is 9.78. The van der Waals surface area contributed by atoms with Crippen LogP contribution < -0.4 is 4.90 Å². The molecule has 0 spiro atoms. The lowest BCUT2D eigenvalue weighted by Crippen LogP contribution is -2.47. The Hall–Kier alpha value is -0.763. The number of hydrogen-bond acceptors (Lipinski definition) is 1. The number of anilines is 1. The predicted octanol–water partition coefficient (Wildman–Crippen LogP) is 3.14. The molecule has 1 nitrogen and oxygen atoms in total. The minimum Gasteiger partial charge on any atom is -0.374 e. The van der Waals surface area contributed by atoms with E-state index in [0.29, 0.717) is 0 Å². The van der Waals surface area contributed by atoms with Crippen molar-refractivity contribution in [3.05, 3.63) is 30.3 Å². The average Bonchev–Trinajstić information content (AvgIpc) is 2.18. The number of hydrogen-bond donors (Lipinski definition) is 0. The van der Waals surface area contributed by atoms with Gasteiger partial charge in [0.25, 0.3) is 0 Å². The minimum atomic E-state index is -0.910. The third-order valence-electron chi connectivity index (χ3n) is 3.02. The largest absolute Gasteiger partial charge is 0.374 e. The zero-order valence-corrected chi connectivity index (χ0v) is 10.2. The van der Waals surface area contributed by atoms with Crippen LogP contribution in [0.2, 0.25) is 19.1 Å². The third kappa shape index (κ3) is 2.18. The van der Waals surface area contributed by atoms with Crippen molar-refractivity contribution in [1.82, 2.24) is 0 Å². The molecule has 1 aliphatic rings. The molecule has 0 unspecified atom stereocenters. The maximum Gasteiger partial charge on any atom is 0.0696 e. The zero-order chi connectivity index (χ0) is 10.0. The molecule has 1 saturated heterocycles. The van der Waals surface area contributed by atoms with Gasteiger partial charge in [-0.15, -0.1) is 0 Å². The molecule has 1 fully saturated rings. The molecular weight excluding hydrogens is 186 g/mol. The second-order valence-corrected chi connectivity index (χ2v) is 10.2. The van der Waals surface area contributed by atoms with Crippen LogP contribution in [-0.2, 0) is 0 Å². The lowest BCUT2D eigenvalue weighted by atomic mass is 10.3. The Balaban J connectivity index is 2.12. The van der Waals surface area contributed by atoms with Crippen LogP contribution in [0.15, 0.2) is 30.3 Å². The fraction of sp³-hybridized carbons (Fsp3) is 0.500. The molecule has 1 aromatic carbocycles. The van der Waals surface area contributed by atoms with Crippen molar-refractivity contribution in [2.45, 2.75) is 25.6 Å². The van der Waals surface area contributed by atoms with E-state index in [0.717, 1.165) is 0 Å². The maximum absolute atomic E-state index is 2.57. The Morgan fingerprint density at radius 2 is 1.86 bits per heavy atom. The molecule has 1 aliphatic heterocycles. The van der Waals surface area contributed by atoms with Gasteiger partial charge in [0.1, 0.15) is 0 Å². The van der Waals surface area contributed by atoms with Crippen LogP contribution in [0, 0.1) is 0 Å². The van der Waals surface area contributed by atoms with Gasteiger partial charge in [-0.3, -0.25) is 0 Å². The SMILES string of the molecule is C[Si]1(C)CCCN(c2ccccc2)C1. The molecule has 0 amide bonds.